The van der Waals surface area contributed by atoms with Gasteiger partial charge in [-0.1, -0.05) is 133 Å². The van der Waals surface area contributed by atoms with Crippen molar-refractivity contribution in [2.75, 3.05) is 49.4 Å². The van der Waals surface area contributed by atoms with E-state index in [1.807, 2.05) is 60.4 Å². The normalized spacial score (nSPS) is 13.0. The second-order valence-electron chi connectivity index (χ2n) is 23.9. The molecular formula is C62H89N6O13PS2Si2. The van der Waals surface area contributed by atoms with Gasteiger partial charge in [0.2, 0.25) is 31.9 Å². The Kier molecular flexibility index (Phi) is 26.7. The Morgan fingerprint density at radius 1 is 0.535 bits per heavy atom. The zero-order chi connectivity index (χ0) is 65.4. The summed E-state index contributed by atoms with van der Waals surface area (Å²) in [5, 5.41) is 3.19. The number of aromatic nitrogens is 4. The number of methoxy groups -OCH3 is 2. The number of sulfonamides is 2. The highest BCUT2D eigenvalue weighted by molar-refractivity contribution is 7.95. The van der Waals surface area contributed by atoms with Crippen molar-refractivity contribution in [3.63, 3.8) is 0 Å². The number of aldehydes is 1. The molecule has 470 valence electrons. The molecule has 5 rings (SSSR count). The summed E-state index contributed by atoms with van der Waals surface area (Å²) < 4.78 is 70.7. The summed E-state index contributed by atoms with van der Waals surface area (Å²) in [5.41, 5.74) is 3.04. The Morgan fingerprint density at radius 3 is 1.12 bits per heavy atom. The number of carbonyl (C=O) groups excluding carboxylic acids is 5. The van der Waals surface area contributed by atoms with Crippen molar-refractivity contribution >= 4 is 113 Å². The molecule has 2 heterocycles. The molecule has 0 saturated carbocycles. The molecular weight excluding hydrogens is 1190 g/mol. The van der Waals surface area contributed by atoms with Crippen molar-refractivity contribution in [2.24, 2.45) is 0 Å². The van der Waals surface area contributed by atoms with Gasteiger partial charge in [0.1, 0.15) is 0 Å². The number of ketones is 2. The molecule has 5 aromatic rings. The number of benzene rings is 3. The lowest BCUT2D eigenvalue weighted by molar-refractivity contribution is -0.144. The molecule has 0 saturated heterocycles. The lowest BCUT2D eigenvalue weighted by Gasteiger charge is -2.39. The molecule has 24 heteroatoms. The van der Waals surface area contributed by atoms with E-state index in [9.17, 15) is 40.8 Å². The first-order valence-electron chi connectivity index (χ1n) is 27.8. The average molecular weight is 1280 g/mol. The van der Waals surface area contributed by atoms with Gasteiger partial charge in [-0.05, 0) is 105 Å². The number of anilines is 2. The van der Waals surface area contributed by atoms with E-state index in [0.29, 0.717) is 40.2 Å². The van der Waals surface area contributed by atoms with E-state index in [2.05, 4.69) is 124 Å². The van der Waals surface area contributed by atoms with E-state index >= 15 is 0 Å². The van der Waals surface area contributed by atoms with Crippen LogP contribution in [0.3, 0.4) is 0 Å². The Bertz CT molecular complexity index is 3340. The van der Waals surface area contributed by atoms with Crippen LogP contribution in [-0.2, 0) is 57.6 Å². The number of hydrogen-bond donors (Lipinski definition) is 0. The van der Waals surface area contributed by atoms with Gasteiger partial charge in [-0.3, -0.25) is 24.0 Å². The topological polar surface area (TPSA) is 249 Å². The van der Waals surface area contributed by atoms with Crippen LogP contribution in [0.1, 0.15) is 106 Å². The van der Waals surface area contributed by atoms with E-state index in [-0.39, 0.29) is 65.2 Å². The van der Waals surface area contributed by atoms with Crippen LogP contribution in [0.15, 0.2) is 97.1 Å². The number of allylic oxidation sites excluding steroid dienone is 1. The smallest absolute Gasteiger partial charge is 0.308 e. The van der Waals surface area contributed by atoms with Gasteiger partial charge < -0.3 is 18.3 Å². The maximum absolute atomic E-state index is 13.9. The molecule has 86 heavy (non-hydrogen) atoms. The molecule has 0 fully saturated rings. The summed E-state index contributed by atoms with van der Waals surface area (Å²) in [6.07, 6.45) is 4.90. The van der Waals surface area contributed by atoms with Gasteiger partial charge >= 0.3 is 11.9 Å². The predicted molar refractivity (Wildman–Crippen MR) is 352 cm³/mol. The summed E-state index contributed by atoms with van der Waals surface area (Å²) in [6, 6.07) is 30.8. The number of aryl methyl sites for hydroxylation is 4. The number of hydrogen-bond acceptors (Lipinski definition) is 17. The molecule has 0 aliphatic rings. The van der Waals surface area contributed by atoms with E-state index in [4.69, 9.17) is 18.3 Å². The van der Waals surface area contributed by atoms with Crippen molar-refractivity contribution < 1.29 is 59.1 Å². The van der Waals surface area contributed by atoms with Crippen molar-refractivity contribution in [3.8, 4) is 0 Å². The van der Waals surface area contributed by atoms with Crippen molar-refractivity contribution in [3.05, 3.63) is 131 Å². The second kappa shape index (κ2) is 31.0. The number of ether oxygens (including phenoxy) is 2. The fourth-order valence-corrected chi connectivity index (χ4v) is 15.3. The minimum Gasteiger partial charge on any atom is -0.469 e. The van der Waals surface area contributed by atoms with Gasteiger partial charge in [-0.15, -0.1) is 0 Å². The Balaban J connectivity index is 0.000000362. The summed E-state index contributed by atoms with van der Waals surface area (Å²) >= 11 is 0. The lowest BCUT2D eigenvalue weighted by Crippen LogP contribution is -2.45. The standard InChI is InChI=1S/C31H39O4PSi.C22H37N3O6SSi.C9H13N3O3S/c1-31(2,3)37(5,6)35-26(23-30(33)34-4)22-25(32)24-36(27-16-10-7-11-17-27,28-18-12-8-13-19-28)29-20-14-9-15-21-29;1-15-19(16(2)24-21(23-15)25(6)32(8,28)29)12-11-17(26)13-18(14-20(27)30-7)31-33(9,10)22(3,4)5;1-6-8(5-13)7(2)11-9(10-6)12(3)16(4,14)15/h7-21,24,26H,22-23H2,1-6H3;11-12,18H,13-14H2,1-10H3;5H,1-4H3/b;12-11+;/t26-;18-;/m01./s1. The third kappa shape index (κ3) is 20.9. The first-order valence-corrected chi connectivity index (χ1v) is 39.2. The molecule has 0 unspecified atom stereocenters. The van der Waals surface area contributed by atoms with Crippen molar-refractivity contribution in [1.29, 1.82) is 0 Å². The highest BCUT2D eigenvalue weighted by Crippen LogP contribution is 2.44. The lowest BCUT2D eigenvalue weighted by atomic mass is 10.1. The van der Waals surface area contributed by atoms with Crippen LogP contribution in [0.25, 0.3) is 6.08 Å². The minimum absolute atomic E-state index is 0.00369. The van der Waals surface area contributed by atoms with E-state index in [0.717, 1.165) is 37.0 Å². The quantitative estimate of drug-likeness (QED) is 0.0194. The molecule has 2 aromatic heterocycles. The molecule has 2 atom stereocenters. The molecule has 3 aromatic carbocycles. The molecule has 0 amide bonds. The fraction of sp³-hybridized carbons (Fsp3) is 0.452. The second-order valence-corrected chi connectivity index (χ2v) is 40.7. The Hall–Kier alpha value is -6.34. The number of esters is 2. The maximum Gasteiger partial charge on any atom is 0.308 e. The van der Waals surface area contributed by atoms with Gasteiger partial charge in [0.25, 0.3) is 0 Å². The molecule has 0 N–H and O–H groups in total. The third-order valence-corrected chi connectivity index (χ3v) is 30.6. The molecule has 0 bridgehead atoms. The summed E-state index contributed by atoms with van der Waals surface area (Å²) in [6.45, 7) is 25.4. The Labute approximate surface area is 513 Å². The number of nitrogens with zero attached hydrogens (tertiary/aromatic N) is 6. The van der Waals surface area contributed by atoms with Crippen LogP contribution in [-0.4, -0.2) is 142 Å². The number of rotatable bonds is 23. The monoisotopic (exact) mass is 1280 g/mol. The first kappa shape index (κ1) is 73.9. The van der Waals surface area contributed by atoms with Crippen LogP contribution < -0.4 is 24.5 Å². The number of Topliss-reactive ketones (excluding diaryl/α,β-unsaturated/α-hetero) is 1. The van der Waals surface area contributed by atoms with Gasteiger partial charge in [-0.25, -0.2) is 45.4 Å². The van der Waals surface area contributed by atoms with Gasteiger partial charge in [0.15, 0.2) is 34.5 Å². The van der Waals surface area contributed by atoms with Crippen LogP contribution >= 0.6 is 6.89 Å². The zero-order valence-electron chi connectivity index (χ0n) is 53.7. The number of carbonyl (C=O) groups is 5. The molecule has 0 spiro atoms. The highest BCUT2D eigenvalue weighted by atomic mass is 32.2. The first-order chi connectivity index (χ1) is 39.6. The van der Waals surface area contributed by atoms with Gasteiger partial charge in [0, 0.05) is 32.5 Å². The van der Waals surface area contributed by atoms with E-state index in [1.54, 1.807) is 33.8 Å². The van der Waals surface area contributed by atoms with Gasteiger partial charge in [0.05, 0.1) is 80.1 Å². The fourth-order valence-electron chi connectivity index (χ4n) is 8.06. The average Bonchev–Trinajstić information content (AvgIpc) is 1.83. The minimum atomic E-state index is -3.49. The maximum atomic E-state index is 13.9. The predicted octanol–water partition coefficient (Wildman–Crippen LogP) is 9.41. The summed E-state index contributed by atoms with van der Waals surface area (Å²) in [4.78, 5) is 78.0. The molecule has 0 radical (unpaired) electrons. The zero-order valence-corrected chi connectivity index (χ0v) is 58.2. The summed E-state index contributed by atoms with van der Waals surface area (Å²) in [5.74, 6) is 1.02. The molecule has 19 nitrogen and oxygen atoms in total. The van der Waals surface area contributed by atoms with Crippen molar-refractivity contribution in [2.45, 2.75) is 143 Å². The van der Waals surface area contributed by atoms with E-state index < -0.39 is 61.7 Å². The largest absolute Gasteiger partial charge is 0.469 e. The van der Waals surface area contributed by atoms with Crippen LogP contribution in [0.4, 0.5) is 11.9 Å². The van der Waals surface area contributed by atoms with Crippen LogP contribution in [0.2, 0.25) is 36.3 Å². The van der Waals surface area contributed by atoms with E-state index in [1.165, 1.54) is 34.4 Å². The van der Waals surface area contributed by atoms with Crippen LogP contribution in [0, 0.1) is 27.7 Å². The van der Waals surface area contributed by atoms with Crippen LogP contribution in [0.5, 0.6) is 0 Å². The Morgan fingerprint density at radius 2 is 0.837 bits per heavy atom. The molecule has 0 aliphatic carbocycles. The summed E-state index contributed by atoms with van der Waals surface area (Å²) in [7, 11) is -5.89. The highest BCUT2D eigenvalue weighted by Gasteiger charge is 2.41. The van der Waals surface area contributed by atoms with Gasteiger partial charge in [-0.2, -0.15) is 0 Å². The molecule has 0 aliphatic heterocycles. The third-order valence-electron chi connectivity index (χ3n) is 15.2. The SMILES string of the molecule is COC(=O)C[C@@H](CC(=O)/C=C/c1c(C)nc(N(C)S(C)(=O)=O)nc1C)O[Si](C)(C)C(C)(C)C.COC(=O)C[C@H](CC(=O)C=P(c1ccccc1)(c1ccccc1)c1ccccc1)O[Si](C)(C)C(C)(C)C.Cc1nc(N(C)S(C)(=O)=O)nc(C)c1C=O. The van der Waals surface area contributed by atoms with Crippen molar-refractivity contribution in [1.82, 2.24) is 19.9 Å².